The molecular formula is C24H30N2O3. The van der Waals surface area contributed by atoms with E-state index in [1.807, 2.05) is 59.5 Å². The van der Waals surface area contributed by atoms with Crippen molar-refractivity contribution in [3.8, 4) is 5.75 Å². The Balaban J connectivity index is 1.36. The molecule has 0 saturated carbocycles. The molecule has 0 spiro atoms. The molecule has 0 atom stereocenters. The van der Waals surface area contributed by atoms with Crippen molar-refractivity contribution in [3.05, 3.63) is 60.2 Å². The van der Waals surface area contributed by atoms with E-state index in [1.54, 1.807) is 7.11 Å². The van der Waals surface area contributed by atoms with Crippen molar-refractivity contribution < 1.29 is 14.3 Å². The highest BCUT2D eigenvalue weighted by atomic mass is 16.5. The van der Waals surface area contributed by atoms with E-state index in [2.05, 4.69) is 5.32 Å². The number of piperidine rings is 1. The molecule has 5 nitrogen and oxygen atoms in total. The third-order valence-electron chi connectivity index (χ3n) is 5.61. The van der Waals surface area contributed by atoms with Crippen LogP contribution in [0.5, 0.6) is 5.75 Å². The highest BCUT2D eigenvalue weighted by Crippen LogP contribution is 2.24. The Morgan fingerprint density at radius 2 is 1.69 bits per heavy atom. The number of hydrogen-bond acceptors (Lipinski definition) is 3. The number of para-hydroxylation sites is 2. The molecule has 29 heavy (non-hydrogen) atoms. The first kappa shape index (κ1) is 20.9. The van der Waals surface area contributed by atoms with E-state index in [1.165, 1.54) is 0 Å². The smallest absolute Gasteiger partial charge is 0.224 e. The molecule has 1 aliphatic heterocycles. The van der Waals surface area contributed by atoms with Gasteiger partial charge >= 0.3 is 0 Å². The fourth-order valence-corrected chi connectivity index (χ4v) is 3.86. The van der Waals surface area contributed by atoms with E-state index in [4.69, 9.17) is 4.74 Å². The lowest BCUT2D eigenvalue weighted by atomic mass is 9.91. The summed E-state index contributed by atoms with van der Waals surface area (Å²) in [4.78, 5) is 26.7. The molecule has 0 aromatic heterocycles. The summed E-state index contributed by atoms with van der Waals surface area (Å²) in [5.41, 5.74) is 1.91. The maximum Gasteiger partial charge on any atom is 0.224 e. The number of carbonyl (C=O) groups excluding carboxylic acids is 2. The number of nitrogens with one attached hydrogen (secondary N) is 1. The summed E-state index contributed by atoms with van der Waals surface area (Å²) in [5, 5.41) is 2.94. The number of ether oxygens (including phenoxy) is 1. The predicted octanol–water partition coefficient (Wildman–Crippen LogP) is 4.29. The number of anilines is 1. The van der Waals surface area contributed by atoms with Crippen LogP contribution in [-0.2, 0) is 16.0 Å². The number of hydrogen-bond donors (Lipinski definition) is 1. The van der Waals surface area contributed by atoms with Crippen LogP contribution >= 0.6 is 0 Å². The van der Waals surface area contributed by atoms with Crippen LogP contribution in [0.3, 0.4) is 0 Å². The summed E-state index contributed by atoms with van der Waals surface area (Å²) in [5.74, 6) is 1.62. The van der Waals surface area contributed by atoms with Crippen LogP contribution in [-0.4, -0.2) is 36.9 Å². The zero-order valence-electron chi connectivity index (χ0n) is 17.1. The quantitative estimate of drug-likeness (QED) is 0.727. The van der Waals surface area contributed by atoms with Crippen molar-refractivity contribution in [1.82, 2.24) is 4.90 Å². The molecule has 1 aliphatic rings. The van der Waals surface area contributed by atoms with Gasteiger partial charge in [0.1, 0.15) is 5.75 Å². The van der Waals surface area contributed by atoms with Crippen LogP contribution in [0.2, 0.25) is 0 Å². The molecule has 154 valence electrons. The standard InChI is InChI=1S/C24H30N2O3/c1-29-22-10-6-5-7-20(22)12-14-24(28)26-17-15-19(16-18-26)11-13-23(27)25-21-8-3-2-4-9-21/h2-10,19H,11-18H2,1H3,(H,25,27). The molecule has 2 amide bonds. The van der Waals surface area contributed by atoms with E-state index < -0.39 is 0 Å². The first-order valence-corrected chi connectivity index (χ1v) is 10.4. The number of likely N-dealkylation sites (tertiary alicyclic amines) is 1. The average molecular weight is 395 g/mol. The second-order valence-corrected chi connectivity index (χ2v) is 7.59. The van der Waals surface area contributed by atoms with Gasteiger partial charge in [-0.15, -0.1) is 0 Å². The van der Waals surface area contributed by atoms with Crippen molar-refractivity contribution in [3.63, 3.8) is 0 Å². The van der Waals surface area contributed by atoms with Gasteiger partial charge in [-0.1, -0.05) is 36.4 Å². The monoisotopic (exact) mass is 394 g/mol. The van der Waals surface area contributed by atoms with Gasteiger partial charge < -0.3 is 15.0 Å². The third kappa shape index (κ3) is 6.34. The summed E-state index contributed by atoms with van der Waals surface area (Å²) in [6.07, 6.45) is 4.55. The fraction of sp³-hybridized carbons (Fsp3) is 0.417. The van der Waals surface area contributed by atoms with E-state index in [0.717, 1.165) is 49.4 Å². The average Bonchev–Trinajstić information content (AvgIpc) is 2.77. The maximum absolute atomic E-state index is 12.6. The van der Waals surface area contributed by atoms with Gasteiger partial charge in [0.15, 0.2) is 0 Å². The van der Waals surface area contributed by atoms with Gasteiger partial charge in [0.25, 0.3) is 0 Å². The Morgan fingerprint density at radius 1 is 1.00 bits per heavy atom. The Hall–Kier alpha value is -2.82. The second kappa shape index (κ2) is 10.6. The minimum Gasteiger partial charge on any atom is -0.496 e. The zero-order chi connectivity index (χ0) is 20.5. The Kier molecular flexibility index (Phi) is 7.68. The van der Waals surface area contributed by atoms with E-state index >= 15 is 0 Å². The molecule has 1 fully saturated rings. The van der Waals surface area contributed by atoms with E-state index in [9.17, 15) is 9.59 Å². The first-order valence-electron chi connectivity index (χ1n) is 10.4. The largest absolute Gasteiger partial charge is 0.496 e. The minimum atomic E-state index is 0.0616. The number of carbonyl (C=O) groups is 2. The maximum atomic E-state index is 12.6. The summed E-state index contributed by atoms with van der Waals surface area (Å²) in [6, 6.07) is 17.4. The topological polar surface area (TPSA) is 58.6 Å². The third-order valence-corrected chi connectivity index (χ3v) is 5.61. The normalized spacial score (nSPS) is 14.4. The van der Waals surface area contributed by atoms with Gasteiger partial charge in [-0.05, 0) is 55.4 Å². The lowest BCUT2D eigenvalue weighted by Crippen LogP contribution is -2.38. The van der Waals surface area contributed by atoms with Gasteiger partial charge in [-0.3, -0.25) is 9.59 Å². The fourth-order valence-electron chi connectivity index (χ4n) is 3.86. The number of benzene rings is 2. The molecule has 1 saturated heterocycles. The van der Waals surface area contributed by atoms with Crippen LogP contribution in [0.15, 0.2) is 54.6 Å². The number of rotatable bonds is 8. The van der Waals surface area contributed by atoms with Gasteiger partial charge in [-0.2, -0.15) is 0 Å². The van der Waals surface area contributed by atoms with Crippen LogP contribution in [0.4, 0.5) is 5.69 Å². The van der Waals surface area contributed by atoms with Crippen LogP contribution in [0.1, 0.15) is 37.7 Å². The molecule has 0 bridgehead atoms. The van der Waals surface area contributed by atoms with E-state index in [0.29, 0.717) is 25.2 Å². The minimum absolute atomic E-state index is 0.0616. The molecule has 1 N–H and O–H groups in total. The Morgan fingerprint density at radius 3 is 2.41 bits per heavy atom. The molecule has 2 aromatic carbocycles. The van der Waals surface area contributed by atoms with Gasteiger partial charge in [-0.25, -0.2) is 0 Å². The highest BCUT2D eigenvalue weighted by molar-refractivity contribution is 5.90. The van der Waals surface area contributed by atoms with Gasteiger partial charge in [0.05, 0.1) is 7.11 Å². The number of nitrogens with zero attached hydrogens (tertiary/aromatic N) is 1. The summed E-state index contributed by atoms with van der Waals surface area (Å²) in [6.45, 7) is 1.57. The summed E-state index contributed by atoms with van der Waals surface area (Å²) >= 11 is 0. The molecule has 5 heteroatoms. The second-order valence-electron chi connectivity index (χ2n) is 7.59. The number of aryl methyl sites for hydroxylation is 1. The highest BCUT2D eigenvalue weighted by Gasteiger charge is 2.23. The van der Waals surface area contributed by atoms with Crippen LogP contribution in [0.25, 0.3) is 0 Å². The van der Waals surface area contributed by atoms with E-state index in [-0.39, 0.29) is 11.8 Å². The molecule has 0 radical (unpaired) electrons. The van der Waals surface area contributed by atoms with Crippen molar-refractivity contribution in [1.29, 1.82) is 0 Å². The zero-order valence-corrected chi connectivity index (χ0v) is 17.1. The first-order chi connectivity index (χ1) is 14.2. The molecule has 0 aliphatic carbocycles. The van der Waals surface area contributed by atoms with Gasteiger partial charge in [0.2, 0.25) is 11.8 Å². The molecular weight excluding hydrogens is 364 g/mol. The lowest BCUT2D eigenvalue weighted by Gasteiger charge is -2.32. The SMILES string of the molecule is COc1ccccc1CCC(=O)N1CCC(CCC(=O)Nc2ccccc2)CC1. The summed E-state index contributed by atoms with van der Waals surface area (Å²) in [7, 11) is 1.66. The Bertz CT molecular complexity index is 799. The van der Waals surface area contributed by atoms with Gasteiger partial charge in [0, 0.05) is 31.6 Å². The number of methoxy groups -OCH3 is 1. The predicted molar refractivity (Wildman–Crippen MR) is 115 cm³/mol. The lowest BCUT2D eigenvalue weighted by molar-refractivity contribution is -0.132. The molecule has 2 aromatic rings. The molecule has 0 unspecified atom stereocenters. The van der Waals surface area contributed by atoms with Crippen molar-refractivity contribution in [2.45, 2.75) is 38.5 Å². The van der Waals surface area contributed by atoms with Crippen molar-refractivity contribution in [2.75, 3.05) is 25.5 Å². The Labute approximate surface area is 173 Å². The van der Waals surface area contributed by atoms with Crippen LogP contribution in [0, 0.1) is 5.92 Å². The molecule has 1 heterocycles. The number of amides is 2. The summed E-state index contributed by atoms with van der Waals surface area (Å²) < 4.78 is 5.36. The van der Waals surface area contributed by atoms with Crippen molar-refractivity contribution >= 4 is 17.5 Å². The molecule has 3 rings (SSSR count). The van der Waals surface area contributed by atoms with Crippen LogP contribution < -0.4 is 10.1 Å². The van der Waals surface area contributed by atoms with Crippen molar-refractivity contribution in [2.24, 2.45) is 5.92 Å².